The van der Waals surface area contributed by atoms with Crippen molar-refractivity contribution in [3.8, 4) is 17.0 Å². The maximum Gasteiger partial charge on any atom is 0.146 e. The average molecular weight is 324 g/mol. The minimum absolute atomic E-state index is 0.835. The SMILES string of the molecule is COc1ccc2nc3c4ccccc4cc(-c4ccccc4)n3c2c1. The molecule has 0 radical (unpaired) electrons. The van der Waals surface area contributed by atoms with Gasteiger partial charge < -0.3 is 4.74 Å². The van der Waals surface area contributed by atoms with E-state index in [1.54, 1.807) is 7.11 Å². The fourth-order valence-corrected chi connectivity index (χ4v) is 3.47. The lowest BCUT2D eigenvalue weighted by Crippen LogP contribution is -1.94. The molecule has 0 N–H and O–H groups in total. The maximum atomic E-state index is 5.43. The summed E-state index contributed by atoms with van der Waals surface area (Å²) in [5.74, 6) is 0.835. The van der Waals surface area contributed by atoms with E-state index in [0.29, 0.717) is 0 Å². The van der Waals surface area contributed by atoms with Crippen LogP contribution in [0.4, 0.5) is 0 Å². The maximum absolute atomic E-state index is 5.43. The molecule has 0 amide bonds. The Morgan fingerprint density at radius 1 is 0.840 bits per heavy atom. The summed E-state index contributed by atoms with van der Waals surface area (Å²) in [6, 6.07) is 27.1. The third kappa shape index (κ3) is 2.09. The number of aromatic nitrogens is 2. The molecule has 0 unspecified atom stereocenters. The summed E-state index contributed by atoms with van der Waals surface area (Å²) in [6.07, 6.45) is 0. The lowest BCUT2D eigenvalue weighted by atomic mass is 10.1. The summed E-state index contributed by atoms with van der Waals surface area (Å²) in [5, 5.41) is 2.34. The van der Waals surface area contributed by atoms with Crippen LogP contribution in [0.2, 0.25) is 0 Å². The Kier molecular flexibility index (Phi) is 3.01. The topological polar surface area (TPSA) is 26.5 Å². The standard InChI is InChI=1S/C22H16N2O/c1-25-17-11-12-19-21(14-17)24-20(15-7-3-2-4-8-15)13-16-9-5-6-10-18(16)22(24)23-19/h2-14H,1H3. The number of hydrogen-bond donors (Lipinski definition) is 0. The molecule has 3 nitrogen and oxygen atoms in total. The van der Waals surface area contributed by atoms with E-state index in [2.05, 4.69) is 65.1 Å². The molecule has 25 heavy (non-hydrogen) atoms. The van der Waals surface area contributed by atoms with Gasteiger partial charge in [0.05, 0.1) is 23.8 Å². The van der Waals surface area contributed by atoms with Crippen molar-refractivity contribution in [2.24, 2.45) is 0 Å². The van der Waals surface area contributed by atoms with E-state index >= 15 is 0 Å². The van der Waals surface area contributed by atoms with E-state index in [4.69, 9.17) is 9.72 Å². The van der Waals surface area contributed by atoms with Gasteiger partial charge in [-0.1, -0.05) is 54.6 Å². The average Bonchev–Trinajstić information content (AvgIpc) is 3.07. The Balaban J connectivity index is 2.02. The van der Waals surface area contributed by atoms with Crippen LogP contribution in [-0.4, -0.2) is 16.5 Å². The van der Waals surface area contributed by atoms with Gasteiger partial charge in [-0.05, 0) is 29.1 Å². The van der Waals surface area contributed by atoms with Crippen LogP contribution in [0.3, 0.4) is 0 Å². The minimum Gasteiger partial charge on any atom is -0.497 e. The number of ether oxygens (including phenoxy) is 1. The summed E-state index contributed by atoms with van der Waals surface area (Å²) in [6.45, 7) is 0. The van der Waals surface area contributed by atoms with Crippen LogP contribution in [0.5, 0.6) is 5.75 Å². The highest BCUT2D eigenvalue weighted by atomic mass is 16.5. The molecule has 0 saturated carbocycles. The molecule has 2 heterocycles. The van der Waals surface area contributed by atoms with Gasteiger partial charge in [0.25, 0.3) is 0 Å². The van der Waals surface area contributed by atoms with Gasteiger partial charge in [-0.15, -0.1) is 0 Å². The molecule has 120 valence electrons. The molecule has 0 saturated heterocycles. The first-order valence-corrected chi connectivity index (χ1v) is 8.28. The van der Waals surface area contributed by atoms with E-state index in [0.717, 1.165) is 33.5 Å². The number of imidazole rings is 1. The molecular weight excluding hydrogens is 308 g/mol. The van der Waals surface area contributed by atoms with Crippen molar-refractivity contribution in [1.82, 2.24) is 9.38 Å². The number of nitrogens with zero attached hydrogens (tertiary/aromatic N) is 2. The number of fused-ring (bicyclic) bond motifs is 5. The Bertz CT molecular complexity index is 1220. The van der Waals surface area contributed by atoms with Crippen LogP contribution >= 0.6 is 0 Å². The van der Waals surface area contributed by atoms with Crippen molar-refractivity contribution in [2.75, 3.05) is 7.11 Å². The molecule has 3 aromatic carbocycles. The van der Waals surface area contributed by atoms with Crippen LogP contribution in [0, 0.1) is 0 Å². The van der Waals surface area contributed by atoms with Crippen LogP contribution < -0.4 is 4.74 Å². The van der Waals surface area contributed by atoms with Crippen molar-refractivity contribution < 1.29 is 4.74 Å². The Morgan fingerprint density at radius 2 is 1.64 bits per heavy atom. The monoisotopic (exact) mass is 324 g/mol. The molecule has 0 spiro atoms. The number of methoxy groups -OCH3 is 1. The van der Waals surface area contributed by atoms with E-state index < -0.39 is 0 Å². The van der Waals surface area contributed by atoms with Gasteiger partial charge in [-0.3, -0.25) is 4.40 Å². The molecular formula is C22H16N2O. The predicted octanol–water partition coefficient (Wildman–Crippen LogP) is 5.32. The highest BCUT2D eigenvalue weighted by Gasteiger charge is 2.14. The second-order valence-electron chi connectivity index (χ2n) is 6.11. The molecule has 5 aromatic rings. The first kappa shape index (κ1) is 14.1. The summed E-state index contributed by atoms with van der Waals surface area (Å²) in [4.78, 5) is 4.91. The number of rotatable bonds is 2. The first-order chi connectivity index (χ1) is 12.3. The summed E-state index contributed by atoms with van der Waals surface area (Å²) < 4.78 is 7.66. The third-order valence-electron chi connectivity index (χ3n) is 4.67. The van der Waals surface area contributed by atoms with Crippen LogP contribution in [-0.2, 0) is 0 Å². The fourth-order valence-electron chi connectivity index (χ4n) is 3.47. The van der Waals surface area contributed by atoms with Gasteiger partial charge in [-0.2, -0.15) is 0 Å². The molecule has 0 aliphatic carbocycles. The van der Waals surface area contributed by atoms with Crippen molar-refractivity contribution >= 4 is 27.5 Å². The van der Waals surface area contributed by atoms with Crippen LogP contribution in [0.15, 0.2) is 78.9 Å². The summed E-state index contributed by atoms with van der Waals surface area (Å²) in [7, 11) is 1.69. The van der Waals surface area contributed by atoms with Gasteiger partial charge in [-0.25, -0.2) is 4.98 Å². The van der Waals surface area contributed by atoms with E-state index in [-0.39, 0.29) is 0 Å². The minimum atomic E-state index is 0.835. The normalized spacial score (nSPS) is 11.4. The highest BCUT2D eigenvalue weighted by Crippen LogP contribution is 2.32. The number of hydrogen-bond acceptors (Lipinski definition) is 2. The van der Waals surface area contributed by atoms with Crippen LogP contribution in [0.25, 0.3) is 38.7 Å². The van der Waals surface area contributed by atoms with Crippen molar-refractivity contribution in [3.05, 3.63) is 78.9 Å². The molecule has 3 heteroatoms. The quantitative estimate of drug-likeness (QED) is 0.439. The van der Waals surface area contributed by atoms with Gasteiger partial charge in [0.2, 0.25) is 0 Å². The molecule has 0 bridgehead atoms. The second-order valence-corrected chi connectivity index (χ2v) is 6.11. The van der Waals surface area contributed by atoms with E-state index in [9.17, 15) is 0 Å². The van der Waals surface area contributed by atoms with E-state index in [1.807, 2.05) is 18.2 Å². The first-order valence-electron chi connectivity index (χ1n) is 8.28. The molecule has 0 aliphatic heterocycles. The molecule has 0 aliphatic rings. The largest absolute Gasteiger partial charge is 0.497 e. The predicted molar refractivity (Wildman–Crippen MR) is 102 cm³/mol. The summed E-state index contributed by atoms with van der Waals surface area (Å²) >= 11 is 0. The highest BCUT2D eigenvalue weighted by molar-refractivity contribution is 6.01. The zero-order valence-corrected chi connectivity index (χ0v) is 13.8. The van der Waals surface area contributed by atoms with E-state index in [1.165, 1.54) is 10.9 Å². The number of benzene rings is 3. The van der Waals surface area contributed by atoms with Crippen molar-refractivity contribution in [2.45, 2.75) is 0 Å². The Labute approximate surface area is 145 Å². The zero-order chi connectivity index (χ0) is 16.8. The van der Waals surface area contributed by atoms with Crippen molar-refractivity contribution in [3.63, 3.8) is 0 Å². The smallest absolute Gasteiger partial charge is 0.146 e. The third-order valence-corrected chi connectivity index (χ3v) is 4.67. The Hall–Kier alpha value is -3.33. The number of pyridine rings is 1. The van der Waals surface area contributed by atoms with Crippen molar-refractivity contribution in [1.29, 1.82) is 0 Å². The Morgan fingerprint density at radius 3 is 2.48 bits per heavy atom. The molecule has 5 rings (SSSR count). The zero-order valence-electron chi connectivity index (χ0n) is 13.8. The molecule has 0 atom stereocenters. The van der Waals surface area contributed by atoms with Gasteiger partial charge in [0.1, 0.15) is 11.4 Å². The van der Waals surface area contributed by atoms with Crippen LogP contribution in [0.1, 0.15) is 0 Å². The molecule has 0 fully saturated rings. The molecule has 2 aromatic heterocycles. The fraction of sp³-hybridized carbons (Fsp3) is 0.0455. The second kappa shape index (κ2) is 5.35. The van der Waals surface area contributed by atoms with Gasteiger partial charge in [0.15, 0.2) is 0 Å². The lowest BCUT2D eigenvalue weighted by Gasteiger charge is -2.10. The van der Waals surface area contributed by atoms with Gasteiger partial charge >= 0.3 is 0 Å². The summed E-state index contributed by atoms with van der Waals surface area (Å²) in [5.41, 5.74) is 5.29. The van der Waals surface area contributed by atoms with Gasteiger partial charge in [0, 0.05) is 11.5 Å². The lowest BCUT2D eigenvalue weighted by molar-refractivity contribution is 0.415.